The summed E-state index contributed by atoms with van der Waals surface area (Å²) in [6, 6.07) is 12.0. The van der Waals surface area contributed by atoms with E-state index in [1.54, 1.807) is 24.3 Å². The second-order valence-corrected chi connectivity index (χ2v) is 4.86. The Hall–Kier alpha value is -2.02. The van der Waals surface area contributed by atoms with Crippen LogP contribution in [0, 0.1) is 11.3 Å². The summed E-state index contributed by atoms with van der Waals surface area (Å²) in [5.41, 5.74) is 1.75. The van der Waals surface area contributed by atoms with Crippen molar-refractivity contribution in [2.75, 3.05) is 0 Å². The zero-order valence-corrected chi connectivity index (χ0v) is 11.8. The van der Waals surface area contributed by atoms with Crippen LogP contribution in [0.4, 0.5) is 0 Å². The van der Waals surface area contributed by atoms with Crippen LogP contribution in [-0.2, 0) is 6.61 Å². The summed E-state index contributed by atoms with van der Waals surface area (Å²) >= 11 is 11.8. The van der Waals surface area contributed by atoms with Crippen LogP contribution in [0.3, 0.4) is 0 Å². The van der Waals surface area contributed by atoms with Crippen LogP contribution in [0.5, 0.6) is 5.75 Å². The van der Waals surface area contributed by atoms with E-state index >= 15 is 0 Å². The highest BCUT2D eigenvalue weighted by Gasteiger charge is 2.10. The molecule has 0 aromatic heterocycles. The highest BCUT2D eigenvalue weighted by molar-refractivity contribution is 6.36. The van der Waals surface area contributed by atoms with Gasteiger partial charge in [-0.25, -0.2) is 0 Å². The summed E-state index contributed by atoms with van der Waals surface area (Å²) in [7, 11) is 0. The van der Waals surface area contributed by atoms with Gasteiger partial charge in [0.1, 0.15) is 12.4 Å². The SMILES string of the molecule is N#Cc1ccc(COc2c(Cl)cc(Cl)cc2C=O)cc1. The molecule has 0 radical (unpaired) electrons. The highest BCUT2D eigenvalue weighted by atomic mass is 35.5. The molecule has 0 aliphatic rings. The van der Waals surface area contributed by atoms with Crippen LogP contribution in [-0.4, -0.2) is 6.29 Å². The molecule has 0 spiro atoms. The smallest absolute Gasteiger partial charge is 0.153 e. The Labute approximate surface area is 126 Å². The van der Waals surface area contributed by atoms with Crippen molar-refractivity contribution in [2.24, 2.45) is 0 Å². The van der Waals surface area contributed by atoms with E-state index in [4.69, 9.17) is 33.2 Å². The Morgan fingerprint density at radius 3 is 2.50 bits per heavy atom. The minimum absolute atomic E-state index is 0.244. The molecule has 0 amide bonds. The van der Waals surface area contributed by atoms with Gasteiger partial charge >= 0.3 is 0 Å². The summed E-state index contributed by atoms with van der Waals surface area (Å²) in [4.78, 5) is 11.0. The average molecular weight is 306 g/mol. The molecule has 0 bridgehead atoms. The van der Waals surface area contributed by atoms with Crippen LogP contribution in [0.1, 0.15) is 21.5 Å². The zero-order chi connectivity index (χ0) is 14.5. The summed E-state index contributed by atoms with van der Waals surface area (Å²) in [6.45, 7) is 0.244. The Morgan fingerprint density at radius 1 is 1.20 bits per heavy atom. The number of aldehydes is 1. The molecule has 0 saturated carbocycles. The molecule has 0 saturated heterocycles. The predicted molar refractivity (Wildman–Crippen MR) is 77.3 cm³/mol. The zero-order valence-electron chi connectivity index (χ0n) is 10.3. The molecule has 0 unspecified atom stereocenters. The maximum atomic E-state index is 11.0. The van der Waals surface area contributed by atoms with Crippen molar-refractivity contribution in [3.63, 3.8) is 0 Å². The lowest BCUT2D eigenvalue weighted by Gasteiger charge is -2.11. The third kappa shape index (κ3) is 3.30. The number of carbonyl (C=O) groups excluding carboxylic acids is 1. The molecule has 20 heavy (non-hydrogen) atoms. The maximum Gasteiger partial charge on any atom is 0.153 e. The number of nitrogens with zero attached hydrogens (tertiary/aromatic N) is 1. The number of carbonyl (C=O) groups is 1. The number of halogens is 2. The molecule has 3 nitrogen and oxygen atoms in total. The number of benzene rings is 2. The molecular weight excluding hydrogens is 297 g/mol. The summed E-state index contributed by atoms with van der Waals surface area (Å²) in [5, 5.41) is 9.38. The second-order valence-electron chi connectivity index (χ2n) is 4.02. The first-order chi connectivity index (χ1) is 9.63. The van der Waals surface area contributed by atoms with Gasteiger partial charge in [0, 0.05) is 5.02 Å². The van der Waals surface area contributed by atoms with E-state index in [1.807, 2.05) is 6.07 Å². The number of hydrogen-bond donors (Lipinski definition) is 0. The van der Waals surface area contributed by atoms with Crippen molar-refractivity contribution in [3.05, 3.63) is 63.1 Å². The van der Waals surface area contributed by atoms with Gasteiger partial charge < -0.3 is 4.74 Å². The van der Waals surface area contributed by atoms with Crippen molar-refractivity contribution < 1.29 is 9.53 Å². The van der Waals surface area contributed by atoms with E-state index in [1.165, 1.54) is 12.1 Å². The second kappa shape index (κ2) is 6.42. The van der Waals surface area contributed by atoms with Gasteiger partial charge in [-0.3, -0.25) is 4.79 Å². The van der Waals surface area contributed by atoms with Crippen LogP contribution in [0.2, 0.25) is 10.0 Å². The van der Waals surface area contributed by atoms with Crippen LogP contribution < -0.4 is 4.74 Å². The first-order valence-corrected chi connectivity index (χ1v) is 6.45. The highest BCUT2D eigenvalue weighted by Crippen LogP contribution is 2.32. The van der Waals surface area contributed by atoms with Gasteiger partial charge in [-0.05, 0) is 29.8 Å². The van der Waals surface area contributed by atoms with E-state index in [-0.39, 0.29) is 11.6 Å². The van der Waals surface area contributed by atoms with Crippen molar-refractivity contribution in [3.8, 4) is 11.8 Å². The van der Waals surface area contributed by atoms with Crippen molar-refractivity contribution >= 4 is 29.5 Å². The van der Waals surface area contributed by atoms with Gasteiger partial charge in [0.2, 0.25) is 0 Å². The molecule has 0 heterocycles. The van der Waals surface area contributed by atoms with Gasteiger partial charge in [0.25, 0.3) is 0 Å². The van der Waals surface area contributed by atoms with Gasteiger partial charge in [-0.2, -0.15) is 5.26 Å². The minimum atomic E-state index is 0.244. The van der Waals surface area contributed by atoms with Crippen LogP contribution in [0.25, 0.3) is 0 Å². The molecule has 0 aliphatic carbocycles. The molecule has 0 fully saturated rings. The van der Waals surface area contributed by atoms with E-state index in [9.17, 15) is 4.79 Å². The van der Waals surface area contributed by atoms with Gasteiger partial charge in [0.05, 0.1) is 22.2 Å². The third-order valence-corrected chi connectivity index (χ3v) is 3.13. The average Bonchev–Trinajstić information content (AvgIpc) is 2.46. The Balaban J connectivity index is 2.18. The third-order valence-electron chi connectivity index (χ3n) is 2.63. The van der Waals surface area contributed by atoms with Gasteiger partial charge in [-0.15, -0.1) is 0 Å². The first-order valence-electron chi connectivity index (χ1n) is 5.70. The fraction of sp³-hybridized carbons (Fsp3) is 0.0667. The Morgan fingerprint density at radius 2 is 1.90 bits per heavy atom. The summed E-state index contributed by atoms with van der Waals surface area (Å²) in [6.07, 6.45) is 0.645. The lowest BCUT2D eigenvalue weighted by atomic mass is 10.1. The first kappa shape index (κ1) is 14.4. The standard InChI is InChI=1S/C15H9Cl2NO2/c16-13-5-12(8-19)15(14(17)6-13)20-9-11-3-1-10(7-18)2-4-11/h1-6,8H,9H2. The van der Waals surface area contributed by atoms with Crippen LogP contribution in [0.15, 0.2) is 36.4 Å². The largest absolute Gasteiger partial charge is 0.487 e. The van der Waals surface area contributed by atoms with E-state index in [2.05, 4.69) is 0 Å². The van der Waals surface area contributed by atoms with Gasteiger partial charge in [0.15, 0.2) is 6.29 Å². The lowest BCUT2D eigenvalue weighted by molar-refractivity contribution is 0.111. The molecule has 2 rings (SSSR count). The topological polar surface area (TPSA) is 50.1 Å². The fourth-order valence-electron chi connectivity index (χ4n) is 1.65. The molecule has 5 heteroatoms. The normalized spacial score (nSPS) is 9.85. The van der Waals surface area contributed by atoms with Gasteiger partial charge in [-0.1, -0.05) is 35.3 Å². The molecule has 0 N–H and O–H groups in total. The summed E-state index contributed by atoms with van der Waals surface area (Å²) < 4.78 is 5.57. The van der Waals surface area contributed by atoms with Crippen molar-refractivity contribution in [2.45, 2.75) is 6.61 Å². The predicted octanol–water partition coefficient (Wildman–Crippen LogP) is 4.26. The Kier molecular flexibility index (Phi) is 4.62. The minimum Gasteiger partial charge on any atom is -0.487 e. The molecular formula is C15H9Cl2NO2. The Bertz CT molecular complexity index is 676. The fourth-order valence-corrected chi connectivity index (χ4v) is 2.21. The number of ether oxygens (including phenoxy) is 1. The maximum absolute atomic E-state index is 11.0. The lowest BCUT2D eigenvalue weighted by Crippen LogP contribution is -1.99. The monoisotopic (exact) mass is 305 g/mol. The van der Waals surface area contributed by atoms with E-state index < -0.39 is 0 Å². The van der Waals surface area contributed by atoms with E-state index in [0.29, 0.717) is 28.2 Å². The quantitative estimate of drug-likeness (QED) is 0.793. The number of hydrogen-bond acceptors (Lipinski definition) is 3. The number of rotatable bonds is 4. The van der Waals surface area contributed by atoms with Crippen molar-refractivity contribution in [1.82, 2.24) is 0 Å². The van der Waals surface area contributed by atoms with E-state index in [0.717, 1.165) is 5.56 Å². The molecule has 0 aliphatic heterocycles. The molecule has 0 atom stereocenters. The number of nitriles is 1. The van der Waals surface area contributed by atoms with Crippen molar-refractivity contribution in [1.29, 1.82) is 5.26 Å². The molecule has 2 aromatic carbocycles. The molecule has 2 aromatic rings. The molecule has 100 valence electrons. The summed E-state index contributed by atoms with van der Waals surface area (Å²) in [5.74, 6) is 0.301. The van der Waals surface area contributed by atoms with Crippen LogP contribution >= 0.6 is 23.2 Å².